The summed E-state index contributed by atoms with van der Waals surface area (Å²) in [6.07, 6.45) is 0.232. The van der Waals surface area contributed by atoms with Crippen molar-refractivity contribution in [3.63, 3.8) is 0 Å². The summed E-state index contributed by atoms with van der Waals surface area (Å²) in [5, 5.41) is 4.39. The van der Waals surface area contributed by atoms with Crippen molar-refractivity contribution >= 4 is 32.8 Å². The van der Waals surface area contributed by atoms with E-state index >= 15 is 0 Å². The Morgan fingerprint density at radius 2 is 1.90 bits per heavy atom. The summed E-state index contributed by atoms with van der Waals surface area (Å²) < 4.78 is 37.3. The Morgan fingerprint density at radius 1 is 1.13 bits per heavy atom. The van der Waals surface area contributed by atoms with Gasteiger partial charge in [-0.05, 0) is 36.8 Å². The quantitative estimate of drug-likeness (QED) is 0.608. The molecular formula is C22H21NO5S2. The van der Waals surface area contributed by atoms with Gasteiger partial charge in [-0.2, -0.15) is 0 Å². The number of carbonyl (C=O) groups is 1. The van der Waals surface area contributed by atoms with E-state index in [1.807, 2.05) is 25.1 Å². The van der Waals surface area contributed by atoms with Crippen LogP contribution in [-0.2, 0) is 14.6 Å². The lowest BCUT2D eigenvalue weighted by Gasteiger charge is -2.24. The maximum absolute atomic E-state index is 13.2. The van der Waals surface area contributed by atoms with Crippen LogP contribution in [0.2, 0.25) is 0 Å². The van der Waals surface area contributed by atoms with Crippen LogP contribution in [0.3, 0.4) is 0 Å². The fourth-order valence-corrected chi connectivity index (χ4v) is 6.50. The van der Waals surface area contributed by atoms with Crippen LogP contribution in [0.25, 0.3) is 0 Å². The number of ether oxygens (including phenoxy) is 2. The van der Waals surface area contributed by atoms with Gasteiger partial charge in [0.2, 0.25) is 15.7 Å². The van der Waals surface area contributed by atoms with Crippen LogP contribution in [0.4, 0.5) is 5.69 Å². The van der Waals surface area contributed by atoms with E-state index in [0.29, 0.717) is 23.8 Å². The summed E-state index contributed by atoms with van der Waals surface area (Å²) >= 11 is 1.34. The molecule has 1 atom stereocenters. The molecule has 1 amide bonds. The maximum atomic E-state index is 13.2. The fourth-order valence-electron chi connectivity index (χ4n) is 3.57. The number of sulfone groups is 1. The third kappa shape index (κ3) is 3.57. The Bertz CT molecular complexity index is 1190. The Morgan fingerprint density at radius 3 is 2.60 bits per heavy atom. The molecule has 0 aliphatic carbocycles. The van der Waals surface area contributed by atoms with Gasteiger partial charge in [0.1, 0.15) is 4.90 Å². The van der Waals surface area contributed by atoms with Crippen LogP contribution in [0, 0.1) is 0 Å². The highest BCUT2D eigenvalue weighted by molar-refractivity contribution is 7.91. The number of methoxy groups -OCH3 is 1. The number of rotatable bonds is 6. The Hall–Kier alpha value is -2.84. The average molecular weight is 444 g/mol. The van der Waals surface area contributed by atoms with E-state index < -0.39 is 9.84 Å². The van der Waals surface area contributed by atoms with Crippen molar-refractivity contribution < 1.29 is 22.7 Å². The molecule has 0 fully saturated rings. The van der Waals surface area contributed by atoms with Crippen molar-refractivity contribution in [2.24, 2.45) is 0 Å². The van der Waals surface area contributed by atoms with Crippen molar-refractivity contribution in [1.82, 2.24) is 0 Å². The highest BCUT2D eigenvalue weighted by atomic mass is 32.2. The smallest absolute Gasteiger partial charge is 0.225 e. The van der Waals surface area contributed by atoms with E-state index in [1.54, 1.807) is 42.8 Å². The van der Waals surface area contributed by atoms with E-state index in [2.05, 4.69) is 5.32 Å². The zero-order valence-corrected chi connectivity index (χ0v) is 18.2. The lowest BCUT2D eigenvalue weighted by molar-refractivity contribution is -0.116. The molecule has 4 rings (SSSR count). The van der Waals surface area contributed by atoms with Crippen molar-refractivity contribution in [1.29, 1.82) is 0 Å². The molecule has 156 valence electrons. The molecule has 1 aromatic heterocycles. The minimum absolute atomic E-state index is 0.129. The lowest BCUT2D eigenvalue weighted by Crippen LogP contribution is -2.23. The van der Waals surface area contributed by atoms with Gasteiger partial charge in [0.25, 0.3) is 0 Å². The second-order valence-electron chi connectivity index (χ2n) is 6.80. The summed E-state index contributed by atoms with van der Waals surface area (Å²) in [5.41, 5.74) is 1.25. The molecule has 8 heteroatoms. The number of thiophene rings is 1. The van der Waals surface area contributed by atoms with E-state index in [-0.39, 0.29) is 28.0 Å². The van der Waals surface area contributed by atoms with Crippen LogP contribution in [-0.4, -0.2) is 28.0 Å². The zero-order valence-electron chi connectivity index (χ0n) is 16.5. The van der Waals surface area contributed by atoms with E-state index in [1.165, 1.54) is 11.3 Å². The molecule has 0 saturated heterocycles. The number of fused-ring (bicyclic) bond motifs is 1. The van der Waals surface area contributed by atoms with E-state index in [9.17, 15) is 13.2 Å². The van der Waals surface area contributed by atoms with Crippen LogP contribution in [0.5, 0.6) is 11.5 Å². The summed E-state index contributed by atoms with van der Waals surface area (Å²) in [7, 11) is -2.18. The molecule has 0 radical (unpaired) electrons. The molecule has 0 unspecified atom stereocenters. The number of carbonyl (C=O) groups excluding carboxylic acids is 1. The predicted molar refractivity (Wildman–Crippen MR) is 115 cm³/mol. The second kappa shape index (κ2) is 8.12. The van der Waals surface area contributed by atoms with Crippen molar-refractivity contribution in [3.05, 3.63) is 64.4 Å². The van der Waals surface area contributed by atoms with Crippen LogP contribution in [0.15, 0.2) is 63.7 Å². The first-order valence-electron chi connectivity index (χ1n) is 9.47. The first-order chi connectivity index (χ1) is 14.5. The third-order valence-corrected chi connectivity index (χ3v) is 8.03. The molecule has 0 saturated carbocycles. The molecule has 30 heavy (non-hydrogen) atoms. The molecule has 2 aromatic carbocycles. The highest BCUT2D eigenvalue weighted by Crippen LogP contribution is 2.46. The molecular weight excluding hydrogens is 422 g/mol. The van der Waals surface area contributed by atoms with Gasteiger partial charge in [0.05, 0.1) is 24.3 Å². The number of anilines is 1. The summed E-state index contributed by atoms with van der Waals surface area (Å²) in [5.74, 6) is 0.727. The molecule has 0 spiro atoms. The fraction of sp³-hybridized carbons (Fsp3) is 0.227. The zero-order chi connectivity index (χ0) is 21.3. The van der Waals surface area contributed by atoms with Crippen LogP contribution >= 0.6 is 11.3 Å². The van der Waals surface area contributed by atoms with Crippen LogP contribution < -0.4 is 14.8 Å². The molecule has 3 aromatic rings. The number of amides is 1. The van der Waals surface area contributed by atoms with Crippen molar-refractivity contribution in [3.8, 4) is 11.5 Å². The van der Waals surface area contributed by atoms with Gasteiger partial charge in [-0.3, -0.25) is 4.79 Å². The van der Waals surface area contributed by atoms with Gasteiger partial charge in [-0.1, -0.05) is 24.3 Å². The first-order valence-corrected chi connectivity index (χ1v) is 11.8. The van der Waals surface area contributed by atoms with Gasteiger partial charge in [0, 0.05) is 22.6 Å². The number of benzene rings is 2. The van der Waals surface area contributed by atoms with Gasteiger partial charge < -0.3 is 14.8 Å². The Labute approximate surface area is 179 Å². The molecule has 2 heterocycles. The van der Waals surface area contributed by atoms with E-state index in [4.69, 9.17) is 9.47 Å². The van der Waals surface area contributed by atoms with Crippen molar-refractivity contribution in [2.75, 3.05) is 19.0 Å². The van der Waals surface area contributed by atoms with Crippen LogP contribution in [0.1, 0.15) is 29.7 Å². The Kier molecular flexibility index (Phi) is 5.53. The minimum atomic E-state index is -3.74. The van der Waals surface area contributed by atoms with Gasteiger partial charge >= 0.3 is 0 Å². The largest absolute Gasteiger partial charge is 0.493 e. The molecule has 6 nitrogen and oxygen atoms in total. The average Bonchev–Trinajstić information content (AvgIpc) is 3.19. The highest BCUT2D eigenvalue weighted by Gasteiger charge is 2.34. The monoisotopic (exact) mass is 443 g/mol. The van der Waals surface area contributed by atoms with E-state index in [0.717, 1.165) is 10.4 Å². The summed E-state index contributed by atoms with van der Waals surface area (Å²) in [6, 6.07) is 13.8. The van der Waals surface area contributed by atoms with Gasteiger partial charge in [-0.25, -0.2) is 8.42 Å². The third-order valence-electron chi connectivity index (χ3n) is 4.99. The van der Waals surface area contributed by atoms with Crippen molar-refractivity contribution in [2.45, 2.75) is 29.1 Å². The second-order valence-corrected chi connectivity index (χ2v) is 9.63. The number of hydrogen-bond donors (Lipinski definition) is 1. The topological polar surface area (TPSA) is 81.7 Å². The maximum Gasteiger partial charge on any atom is 0.225 e. The van der Waals surface area contributed by atoms with Gasteiger partial charge in [-0.15, -0.1) is 11.3 Å². The lowest BCUT2D eigenvalue weighted by atomic mass is 9.90. The summed E-state index contributed by atoms with van der Waals surface area (Å²) in [6.45, 7) is 2.41. The number of hydrogen-bond acceptors (Lipinski definition) is 6. The Balaban J connectivity index is 1.79. The SMILES string of the molecule is CCOc1ccc([C@H]2CC(=O)Nc3c(S(=O)(=O)c4ccccc4)csc32)cc1OC. The minimum Gasteiger partial charge on any atom is -0.493 e. The van der Waals surface area contributed by atoms with Gasteiger partial charge in [0.15, 0.2) is 11.5 Å². The molecule has 1 aliphatic heterocycles. The number of nitrogens with one attached hydrogen (secondary N) is 1. The molecule has 1 N–H and O–H groups in total. The first kappa shape index (κ1) is 20.4. The molecule has 1 aliphatic rings. The standard InChI is InChI=1S/C22H21NO5S2/c1-3-28-17-10-9-14(11-18(17)27-2)16-12-20(24)23-21-19(13-29-22(16)21)30(25,26)15-7-5-4-6-8-15/h4-11,13,16H,3,12H2,1-2H3,(H,23,24)/t16-/m1/s1. The predicted octanol–water partition coefficient (Wildman–Crippen LogP) is 4.46. The summed E-state index contributed by atoms with van der Waals surface area (Å²) in [4.78, 5) is 13.6. The molecule has 0 bridgehead atoms. The normalized spacial score (nSPS) is 15.9.